The summed E-state index contributed by atoms with van der Waals surface area (Å²) in [4.78, 5) is 36.6. The van der Waals surface area contributed by atoms with Gasteiger partial charge in [-0.05, 0) is 75.4 Å². The van der Waals surface area contributed by atoms with Crippen molar-refractivity contribution >= 4 is 17.5 Å². The van der Waals surface area contributed by atoms with Crippen molar-refractivity contribution in [3.63, 3.8) is 0 Å². The molecule has 9 atom stereocenters. The Bertz CT molecular complexity index is 1000. The monoisotopic (exact) mass is 448 g/mol. The van der Waals surface area contributed by atoms with Crippen molar-refractivity contribution in [2.45, 2.75) is 70.8 Å². The van der Waals surface area contributed by atoms with Crippen LogP contribution < -0.4 is 0 Å². The highest BCUT2D eigenvalue weighted by atomic mass is 19.1. The van der Waals surface area contributed by atoms with E-state index < -0.39 is 46.4 Å². The number of aliphatic hydroxyl groups excluding tert-OH is 1. The maximum absolute atomic E-state index is 15.4. The molecule has 0 amide bonds. The second kappa shape index (κ2) is 6.50. The summed E-state index contributed by atoms with van der Waals surface area (Å²) in [7, 11) is 0. The van der Waals surface area contributed by atoms with Gasteiger partial charge in [-0.3, -0.25) is 14.4 Å². The average Bonchev–Trinajstić information content (AvgIpc) is 3.51. The number of carbonyl (C=O) groups excluding carboxylic acids is 2. The third-order valence-electron chi connectivity index (χ3n) is 9.64. The number of hydrogen-bond donors (Lipinski definition) is 3. The van der Waals surface area contributed by atoms with Gasteiger partial charge < -0.3 is 20.1 Å². The lowest BCUT2D eigenvalue weighted by atomic mass is 9.46. The predicted molar refractivity (Wildman–Crippen MR) is 109 cm³/mol. The minimum Gasteiger partial charge on any atom is -0.481 e. The van der Waals surface area contributed by atoms with E-state index in [2.05, 4.69) is 0 Å². The first kappa shape index (κ1) is 21.8. The second-order valence-electron chi connectivity index (χ2n) is 10.8. The number of halogens is 1. The number of carbonyl (C=O) groups is 3. The largest absolute Gasteiger partial charge is 0.481 e. The number of aliphatic carboxylic acids is 1. The molecule has 0 aromatic carbocycles. The van der Waals surface area contributed by atoms with E-state index in [1.807, 2.05) is 13.8 Å². The van der Waals surface area contributed by atoms with Gasteiger partial charge in [-0.1, -0.05) is 6.92 Å². The fraction of sp³-hybridized carbons (Fsp3) is 0.708. The molecule has 7 nitrogen and oxygen atoms in total. The van der Waals surface area contributed by atoms with E-state index in [4.69, 9.17) is 4.74 Å². The molecule has 1 aliphatic heterocycles. The van der Waals surface area contributed by atoms with Crippen molar-refractivity contribution in [1.82, 2.24) is 0 Å². The Kier molecular flexibility index (Phi) is 4.42. The molecule has 3 N–H and O–H groups in total. The molecule has 4 aliphatic carbocycles. The third-order valence-corrected chi connectivity index (χ3v) is 9.64. The minimum atomic E-state index is -1.86. The van der Waals surface area contributed by atoms with Crippen LogP contribution in [0, 0.1) is 34.5 Å². The molecule has 8 heteroatoms. The fourth-order valence-corrected chi connectivity index (χ4v) is 7.59. The Labute approximate surface area is 185 Å². The first-order chi connectivity index (χ1) is 14.9. The standard InChI is InChI=1S/C24H29FO7/c1-10(21(29)30)17(27)19(28)24(31)7-5-12-11-8-15(25)14-9-16(26)18-20(32-18)23(14,3)13(11)4-6-22(12,24)2/h9-13,15,17,27,31H,4-8H2,1-3H3,(H,29,30)/t10?,11-,12-,13-,15-,17?,22-,23+,24-/m0/s1. The molecule has 174 valence electrons. The molecule has 0 aromatic rings. The Morgan fingerprint density at radius 1 is 1.22 bits per heavy atom. The summed E-state index contributed by atoms with van der Waals surface area (Å²) >= 11 is 0. The molecule has 0 spiro atoms. The molecule has 0 bridgehead atoms. The van der Waals surface area contributed by atoms with Gasteiger partial charge in [-0.15, -0.1) is 0 Å². The number of Topliss-reactive ketones (excluding diaryl/α,β-unsaturated/α-hetero) is 1. The van der Waals surface area contributed by atoms with Crippen molar-refractivity contribution in [3.05, 3.63) is 23.2 Å². The molecule has 1 heterocycles. The average molecular weight is 448 g/mol. The molecule has 5 rings (SSSR count). The van der Waals surface area contributed by atoms with Crippen molar-refractivity contribution in [2.24, 2.45) is 34.5 Å². The van der Waals surface area contributed by atoms with E-state index in [1.54, 1.807) is 0 Å². The summed E-state index contributed by atoms with van der Waals surface area (Å²) in [5.41, 5.74) is -2.99. The first-order valence-electron chi connectivity index (χ1n) is 11.4. The van der Waals surface area contributed by atoms with Crippen LogP contribution in [0.5, 0.6) is 0 Å². The van der Waals surface area contributed by atoms with E-state index in [0.29, 0.717) is 36.4 Å². The number of alkyl halides is 1. The fourth-order valence-electron chi connectivity index (χ4n) is 7.59. The van der Waals surface area contributed by atoms with Crippen LogP contribution in [0.4, 0.5) is 4.39 Å². The van der Waals surface area contributed by atoms with Gasteiger partial charge >= 0.3 is 5.97 Å². The lowest BCUT2D eigenvalue weighted by Crippen LogP contribution is -2.60. The first-order valence-corrected chi connectivity index (χ1v) is 11.4. The second-order valence-corrected chi connectivity index (χ2v) is 10.8. The number of hydrogen-bond acceptors (Lipinski definition) is 6. The van der Waals surface area contributed by atoms with Gasteiger partial charge in [0.2, 0.25) is 11.5 Å². The summed E-state index contributed by atoms with van der Waals surface area (Å²) in [5.74, 6) is -3.17. The Balaban J connectivity index is 1.48. The van der Waals surface area contributed by atoms with Gasteiger partial charge in [-0.2, -0.15) is 0 Å². The zero-order valence-corrected chi connectivity index (χ0v) is 18.4. The van der Waals surface area contributed by atoms with E-state index >= 15 is 4.39 Å². The zero-order valence-electron chi connectivity index (χ0n) is 18.4. The number of aliphatic hydroxyl groups is 2. The van der Waals surface area contributed by atoms with E-state index in [-0.39, 0.29) is 36.4 Å². The molecule has 0 saturated heterocycles. The SMILES string of the molecule is CC(C(=O)O)C(O)C(=O)[C@@]1(O)CC[C@H]2[C@@H]3C[C@H](F)C4=CC(=O)C5=C(O5)[C@]4(C)[C@H]3CC[C@@]21C. The number of ketones is 2. The topological polar surface area (TPSA) is 124 Å². The van der Waals surface area contributed by atoms with Gasteiger partial charge in [0, 0.05) is 5.41 Å². The lowest BCUT2D eigenvalue weighted by Gasteiger charge is -2.57. The summed E-state index contributed by atoms with van der Waals surface area (Å²) in [6.45, 7) is 5.00. The van der Waals surface area contributed by atoms with Gasteiger partial charge in [0.1, 0.15) is 17.9 Å². The van der Waals surface area contributed by atoms with Crippen LogP contribution in [-0.4, -0.2) is 50.7 Å². The van der Waals surface area contributed by atoms with Crippen molar-refractivity contribution in [1.29, 1.82) is 0 Å². The van der Waals surface area contributed by atoms with E-state index in [0.717, 1.165) is 0 Å². The normalized spacial score (nSPS) is 46.1. The maximum atomic E-state index is 15.4. The Morgan fingerprint density at radius 3 is 2.53 bits per heavy atom. The highest BCUT2D eigenvalue weighted by molar-refractivity contribution is 6.07. The molecule has 32 heavy (non-hydrogen) atoms. The van der Waals surface area contributed by atoms with Gasteiger partial charge in [-0.25, -0.2) is 4.39 Å². The lowest BCUT2D eigenvalue weighted by molar-refractivity contribution is -0.175. The molecule has 0 radical (unpaired) electrons. The van der Waals surface area contributed by atoms with Gasteiger partial charge in [0.15, 0.2) is 11.5 Å². The van der Waals surface area contributed by atoms with E-state index in [9.17, 15) is 29.7 Å². The highest BCUT2D eigenvalue weighted by Crippen LogP contribution is 2.70. The number of carboxylic acid groups (broad SMARTS) is 1. The van der Waals surface area contributed by atoms with E-state index in [1.165, 1.54) is 13.0 Å². The predicted octanol–water partition coefficient (Wildman–Crippen LogP) is 2.31. The van der Waals surface area contributed by atoms with Gasteiger partial charge in [0.25, 0.3) is 0 Å². The third kappa shape index (κ3) is 2.45. The van der Waals surface area contributed by atoms with Crippen LogP contribution in [0.15, 0.2) is 23.2 Å². The number of allylic oxidation sites excluding steroid dienone is 2. The van der Waals surface area contributed by atoms with Gasteiger partial charge in [0.05, 0.1) is 11.3 Å². The molecule has 3 fully saturated rings. The van der Waals surface area contributed by atoms with Crippen LogP contribution in [0.1, 0.15) is 52.9 Å². The molecule has 5 aliphatic rings. The highest BCUT2D eigenvalue weighted by Gasteiger charge is 2.70. The Hall–Kier alpha value is -2.06. The number of rotatable bonds is 4. The quantitative estimate of drug-likeness (QED) is 0.603. The van der Waals surface area contributed by atoms with Crippen LogP contribution in [0.2, 0.25) is 0 Å². The van der Waals surface area contributed by atoms with Crippen molar-refractivity contribution in [3.8, 4) is 0 Å². The molecule has 3 saturated carbocycles. The number of fused-ring (bicyclic) bond motifs is 6. The molecular weight excluding hydrogens is 419 g/mol. The number of carboxylic acids is 1. The summed E-state index contributed by atoms with van der Waals surface area (Å²) < 4.78 is 21.0. The van der Waals surface area contributed by atoms with Crippen LogP contribution in [-0.2, 0) is 19.1 Å². The zero-order chi connectivity index (χ0) is 23.4. The van der Waals surface area contributed by atoms with Crippen molar-refractivity contribution < 1.29 is 38.8 Å². The van der Waals surface area contributed by atoms with Crippen LogP contribution in [0.3, 0.4) is 0 Å². The van der Waals surface area contributed by atoms with Crippen molar-refractivity contribution in [2.75, 3.05) is 0 Å². The number of ether oxygens (including phenoxy) is 1. The minimum absolute atomic E-state index is 0.0137. The van der Waals surface area contributed by atoms with Crippen LogP contribution in [0.25, 0.3) is 0 Å². The summed E-state index contributed by atoms with van der Waals surface area (Å²) in [5, 5.41) is 31.2. The maximum Gasteiger partial charge on any atom is 0.309 e. The molecule has 2 unspecified atom stereocenters. The summed E-state index contributed by atoms with van der Waals surface area (Å²) in [6.07, 6.45) is 0.154. The Morgan fingerprint density at radius 2 is 1.88 bits per heavy atom. The van der Waals surface area contributed by atoms with Crippen LogP contribution >= 0.6 is 0 Å². The smallest absolute Gasteiger partial charge is 0.309 e. The molecule has 0 aromatic heterocycles. The molecular formula is C24H29FO7. The summed E-state index contributed by atoms with van der Waals surface area (Å²) in [6, 6.07) is 0.